The van der Waals surface area contributed by atoms with E-state index in [4.69, 9.17) is 14.6 Å². The molecule has 2 N–H and O–H groups in total. The van der Waals surface area contributed by atoms with Crippen molar-refractivity contribution in [3.05, 3.63) is 11.8 Å². The highest BCUT2D eigenvalue weighted by Crippen LogP contribution is 2.25. The molecule has 0 aromatic carbocycles. The molecule has 1 fully saturated rings. The first kappa shape index (κ1) is 14.3. The van der Waals surface area contributed by atoms with Gasteiger partial charge in [0.05, 0.1) is 6.61 Å². The molecule has 0 radical (unpaired) electrons. The summed E-state index contributed by atoms with van der Waals surface area (Å²) in [5.74, 6) is 0.535. The van der Waals surface area contributed by atoms with Crippen LogP contribution in [-0.2, 0) is 14.3 Å². The quantitative estimate of drug-likeness (QED) is 0.684. The van der Waals surface area contributed by atoms with Gasteiger partial charge in [-0.25, -0.2) is 0 Å². The Morgan fingerprint density at radius 2 is 2.32 bits per heavy atom. The van der Waals surface area contributed by atoms with E-state index in [-0.39, 0.29) is 24.7 Å². The van der Waals surface area contributed by atoms with Crippen molar-refractivity contribution in [2.24, 2.45) is 5.92 Å². The maximum absolute atomic E-state index is 11.9. The second kappa shape index (κ2) is 6.91. The van der Waals surface area contributed by atoms with Crippen LogP contribution in [0.3, 0.4) is 0 Å². The Bertz CT molecular complexity index is 338. The molecule has 108 valence electrons. The SMILES string of the molecule is C[C@H]1C=C(C(=O)NC2CC2)O[C@@H](OCCCCO)C1. The number of hydrogen-bond acceptors (Lipinski definition) is 4. The van der Waals surface area contributed by atoms with Crippen molar-refractivity contribution in [1.29, 1.82) is 0 Å². The number of aliphatic hydroxyl groups is 1. The van der Waals surface area contributed by atoms with Crippen LogP contribution in [0.5, 0.6) is 0 Å². The van der Waals surface area contributed by atoms with Crippen LogP contribution in [0.1, 0.15) is 39.0 Å². The summed E-state index contributed by atoms with van der Waals surface area (Å²) in [5, 5.41) is 11.6. The number of hydrogen-bond donors (Lipinski definition) is 2. The molecule has 1 heterocycles. The standard InChI is InChI=1S/C14H23NO4/c1-10-8-12(14(17)15-11-4-5-11)19-13(9-10)18-7-3-2-6-16/h8,10-11,13,16H,2-7,9H2,1H3,(H,15,17)/t10-,13+/m0/s1. The van der Waals surface area contributed by atoms with Gasteiger partial charge in [0.25, 0.3) is 5.91 Å². The fourth-order valence-corrected chi connectivity index (χ4v) is 2.00. The maximum atomic E-state index is 11.9. The van der Waals surface area contributed by atoms with E-state index in [1.165, 1.54) is 0 Å². The summed E-state index contributed by atoms with van der Waals surface area (Å²) in [5.41, 5.74) is 0. The number of carbonyl (C=O) groups excluding carboxylic acids is 1. The largest absolute Gasteiger partial charge is 0.459 e. The second-order valence-electron chi connectivity index (χ2n) is 5.34. The molecule has 0 aromatic heterocycles. The molecular formula is C14H23NO4. The van der Waals surface area contributed by atoms with Crippen LogP contribution in [0.4, 0.5) is 0 Å². The van der Waals surface area contributed by atoms with Crippen LogP contribution < -0.4 is 5.32 Å². The summed E-state index contributed by atoms with van der Waals surface area (Å²) in [6, 6.07) is 0.332. The molecular weight excluding hydrogens is 246 g/mol. The topological polar surface area (TPSA) is 67.8 Å². The molecule has 0 bridgehead atoms. The Balaban J connectivity index is 1.77. The van der Waals surface area contributed by atoms with Crippen LogP contribution in [0.15, 0.2) is 11.8 Å². The van der Waals surface area contributed by atoms with Gasteiger partial charge in [-0.15, -0.1) is 0 Å². The average Bonchev–Trinajstić information content (AvgIpc) is 3.18. The molecule has 1 amide bonds. The Morgan fingerprint density at radius 1 is 1.53 bits per heavy atom. The smallest absolute Gasteiger partial charge is 0.286 e. The summed E-state index contributed by atoms with van der Waals surface area (Å²) in [4.78, 5) is 11.9. The lowest BCUT2D eigenvalue weighted by molar-refractivity contribution is -0.148. The van der Waals surface area contributed by atoms with Crippen LogP contribution in [0, 0.1) is 5.92 Å². The monoisotopic (exact) mass is 269 g/mol. The normalized spacial score (nSPS) is 26.5. The highest BCUT2D eigenvalue weighted by Gasteiger charge is 2.29. The summed E-state index contributed by atoms with van der Waals surface area (Å²) in [6.07, 6.45) is 5.94. The van der Waals surface area contributed by atoms with Crippen LogP contribution in [-0.4, -0.2) is 36.6 Å². The van der Waals surface area contributed by atoms with E-state index in [2.05, 4.69) is 12.2 Å². The zero-order valence-electron chi connectivity index (χ0n) is 11.4. The lowest BCUT2D eigenvalue weighted by Crippen LogP contribution is -2.33. The third kappa shape index (κ3) is 4.84. The van der Waals surface area contributed by atoms with Crippen LogP contribution >= 0.6 is 0 Å². The molecule has 1 aliphatic heterocycles. The van der Waals surface area contributed by atoms with Gasteiger partial charge in [-0.2, -0.15) is 0 Å². The number of carbonyl (C=O) groups is 1. The van der Waals surface area contributed by atoms with Gasteiger partial charge in [0.15, 0.2) is 5.76 Å². The first-order valence-corrected chi connectivity index (χ1v) is 7.11. The van der Waals surface area contributed by atoms with E-state index < -0.39 is 0 Å². The van der Waals surface area contributed by atoms with Crippen molar-refractivity contribution in [2.75, 3.05) is 13.2 Å². The zero-order chi connectivity index (χ0) is 13.7. The number of rotatable bonds is 7. The highest BCUT2D eigenvalue weighted by atomic mass is 16.7. The fourth-order valence-electron chi connectivity index (χ4n) is 2.00. The van der Waals surface area contributed by atoms with E-state index in [0.717, 1.165) is 32.1 Å². The van der Waals surface area contributed by atoms with Crippen molar-refractivity contribution in [3.8, 4) is 0 Å². The number of unbranched alkanes of at least 4 members (excludes halogenated alkanes) is 1. The van der Waals surface area contributed by atoms with Gasteiger partial charge in [0.1, 0.15) is 0 Å². The maximum Gasteiger partial charge on any atom is 0.286 e. The zero-order valence-corrected chi connectivity index (χ0v) is 11.4. The minimum atomic E-state index is -0.348. The van der Waals surface area contributed by atoms with Gasteiger partial charge in [-0.05, 0) is 37.7 Å². The van der Waals surface area contributed by atoms with E-state index in [1.807, 2.05) is 6.08 Å². The third-order valence-electron chi connectivity index (χ3n) is 3.25. The van der Waals surface area contributed by atoms with Crippen molar-refractivity contribution >= 4 is 5.91 Å². The minimum absolute atomic E-state index is 0.127. The van der Waals surface area contributed by atoms with E-state index in [0.29, 0.717) is 18.4 Å². The van der Waals surface area contributed by atoms with Gasteiger partial charge < -0.3 is 19.9 Å². The molecule has 1 saturated carbocycles. The van der Waals surface area contributed by atoms with E-state index in [9.17, 15) is 4.79 Å². The molecule has 2 rings (SSSR count). The van der Waals surface area contributed by atoms with Gasteiger partial charge >= 0.3 is 0 Å². The molecule has 5 heteroatoms. The molecule has 2 atom stereocenters. The van der Waals surface area contributed by atoms with E-state index >= 15 is 0 Å². The molecule has 5 nitrogen and oxygen atoms in total. The van der Waals surface area contributed by atoms with E-state index in [1.54, 1.807) is 0 Å². The van der Waals surface area contributed by atoms with Gasteiger partial charge in [-0.1, -0.05) is 6.92 Å². The van der Waals surface area contributed by atoms with Crippen LogP contribution in [0.2, 0.25) is 0 Å². The van der Waals surface area contributed by atoms with Gasteiger partial charge in [0, 0.05) is 19.1 Å². The Kier molecular flexibility index (Phi) is 5.22. The Hall–Kier alpha value is -1.07. The lowest BCUT2D eigenvalue weighted by atomic mass is 10.0. The number of aliphatic hydroxyl groups excluding tert-OH is 1. The number of allylic oxidation sites excluding steroid dienone is 1. The molecule has 0 unspecified atom stereocenters. The number of amides is 1. The highest BCUT2D eigenvalue weighted by molar-refractivity contribution is 5.92. The van der Waals surface area contributed by atoms with Crippen molar-refractivity contribution < 1.29 is 19.4 Å². The predicted molar refractivity (Wildman–Crippen MR) is 70.2 cm³/mol. The van der Waals surface area contributed by atoms with Crippen LogP contribution in [0.25, 0.3) is 0 Å². The summed E-state index contributed by atoms with van der Waals surface area (Å²) in [6.45, 7) is 2.78. The Labute approximate surface area is 114 Å². The molecule has 1 aliphatic carbocycles. The molecule has 19 heavy (non-hydrogen) atoms. The first-order chi connectivity index (χ1) is 9.19. The Morgan fingerprint density at radius 3 is 3.00 bits per heavy atom. The summed E-state index contributed by atoms with van der Waals surface area (Å²) < 4.78 is 11.2. The molecule has 0 aromatic rings. The summed E-state index contributed by atoms with van der Waals surface area (Å²) >= 11 is 0. The van der Waals surface area contributed by atoms with Crippen molar-refractivity contribution in [1.82, 2.24) is 5.32 Å². The average molecular weight is 269 g/mol. The second-order valence-corrected chi connectivity index (χ2v) is 5.34. The molecule has 0 saturated heterocycles. The summed E-state index contributed by atoms with van der Waals surface area (Å²) in [7, 11) is 0. The number of ether oxygens (including phenoxy) is 2. The third-order valence-corrected chi connectivity index (χ3v) is 3.25. The molecule has 2 aliphatic rings. The number of nitrogens with one attached hydrogen (secondary N) is 1. The predicted octanol–water partition coefficient (Wildman–Crippen LogP) is 1.32. The first-order valence-electron chi connectivity index (χ1n) is 7.11. The molecule has 0 spiro atoms. The van der Waals surface area contributed by atoms with Crippen molar-refractivity contribution in [3.63, 3.8) is 0 Å². The minimum Gasteiger partial charge on any atom is -0.459 e. The fraction of sp³-hybridized carbons (Fsp3) is 0.786. The lowest BCUT2D eigenvalue weighted by Gasteiger charge is -2.27. The van der Waals surface area contributed by atoms with Crippen molar-refractivity contribution in [2.45, 2.75) is 51.4 Å². The van der Waals surface area contributed by atoms with Gasteiger partial charge in [0.2, 0.25) is 6.29 Å². The van der Waals surface area contributed by atoms with Gasteiger partial charge in [-0.3, -0.25) is 4.79 Å².